The number of hydrogen-bond acceptors (Lipinski definition) is 8. The molecule has 2 heterocycles. The summed E-state index contributed by atoms with van der Waals surface area (Å²) in [4.78, 5) is 74.1. The Balaban J connectivity index is 1.41. The molecule has 0 unspecified atom stereocenters. The van der Waals surface area contributed by atoms with E-state index in [0.717, 1.165) is 36.3 Å². The molecule has 0 aliphatic carbocycles. The minimum absolute atomic E-state index is 0.0221. The number of fused-ring (bicyclic) bond motifs is 1. The maximum absolute atomic E-state index is 14.0. The van der Waals surface area contributed by atoms with Crippen molar-refractivity contribution in [2.24, 2.45) is 5.92 Å². The number of hydrogen-bond donors (Lipinski definition) is 3. The molecule has 0 aromatic heterocycles. The van der Waals surface area contributed by atoms with Gasteiger partial charge in [-0.2, -0.15) is 0 Å². The van der Waals surface area contributed by atoms with Crippen LogP contribution in [0.4, 0.5) is 0 Å². The zero-order valence-electron chi connectivity index (χ0n) is 32.3. The molecule has 2 aliphatic heterocycles. The van der Waals surface area contributed by atoms with E-state index in [1.54, 1.807) is 24.3 Å². The summed E-state index contributed by atoms with van der Waals surface area (Å²) in [6, 6.07) is 21.5. The van der Waals surface area contributed by atoms with E-state index < -0.39 is 54.1 Å². The molecule has 2 aliphatic rings. The van der Waals surface area contributed by atoms with Crippen molar-refractivity contribution < 1.29 is 33.4 Å². The predicted molar refractivity (Wildman–Crippen MR) is 208 cm³/mol. The predicted octanol–water partition coefficient (Wildman–Crippen LogP) is 2.78. The molecule has 0 bridgehead atoms. The van der Waals surface area contributed by atoms with Gasteiger partial charge in [-0.05, 0) is 47.6 Å². The molecule has 1 fully saturated rings. The van der Waals surface area contributed by atoms with Crippen LogP contribution in [0, 0.1) is 5.92 Å². The van der Waals surface area contributed by atoms with Gasteiger partial charge in [0, 0.05) is 40.3 Å². The Bertz CT molecular complexity index is 1780. The summed E-state index contributed by atoms with van der Waals surface area (Å²) in [6.07, 6.45) is 0.360. The number of nitrogens with one attached hydrogen (secondary N) is 3. The normalized spacial score (nSPS) is 20.9. The number of para-hydroxylation sites is 1. The average Bonchev–Trinajstić information content (AvgIpc) is 3.17. The fraction of sp³-hybridized carbons (Fsp3) is 0.452. The largest absolute Gasteiger partial charge is 0.491 e. The molecule has 5 rings (SSSR count). The van der Waals surface area contributed by atoms with Crippen molar-refractivity contribution >= 4 is 29.5 Å². The molecule has 3 aromatic rings. The molecule has 3 aromatic carbocycles. The molecule has 3 atom stereocenters. The third-order valence-electron chi connectivity index (χ3n) is 9.83. The Morgan fingerprint density at radius 2 is 1.56 bits per heavy atom. The van der Waals surface area contributed by atoms with E-state index >= 15 is 0 Å². The van der Waals surface area contributed by atoms with Gasteiger partial charge >= 0.3 is 0 Å². The smallest absolute Gasteiger partial charge is 0.255 e. The first-order valence-corrected chi connectivity index (χ1v) is 19.0. The van der Waals surface area contributed by atoms with E-state index in [2.05, 4.69) is 20.9 Å². The van der Waals surface area contributed by atoms with Crippen molar-refractivity contribution in [3.8, 4) is 5.75 Å². The van der Waals surface area contributed by atoms with Gasteiger partial charge in [-0.1, -0.05) is 80.6 Å². The fourth-order valence-electron chi connectivity index (χ4n) is 6.82. The van der Waals surface area contributed by atoms with Crippen LogP contribution in [0.5, 0.6) is 5.75 Å². The van der Waals surface area contributed by atoms with E-state index in [1.807, 2.05) is 68.4 Å². The van der Waals surface area contributed by atoms with Crippen LogP contribution in [0.15, 0.2) is 78.9 Å². The molecular formula is C42H54N6O7. The minimum Gasteiger partial charge on any atom is -0.491 e. The first-order valence-electron chi connectivity index (χ1n) is 19.0. The molecule has 55 heavy (non-hydrogen) atoms. The van der Waals surface area contributed by atoms with Crippen LogP contribution < -0.4 is 20.7 Å². The number of ether oxygens (including phenoxy) is 2. The van der Waals surface area contributed by atoms with Gasteiger partial charge in [-0.15, -0.1) is 0 Å². The zero-order chi connectivity index (χ0) is 39.3. The topological polar surface area (TPSA) is 150 Å². The SMILES string of the molecule is CC(C)C[C@H]1C(=O)N(C)CC(=O)N[C@H](Cc2ccccc2)COc2ccccc2C(=O)N[C@H](C(=O)NCc2cccc(CN3CCOCC3)c2)CC(=O)N1C. The number of benzene rings is 3. The van der Waals surface area contributed by atoms with Crippen molar-refractivity contribution in [3.05, 3.63) is 101 Å². The summed E-state index contributed by atoms with van der Waals surface area (Å²) >= 11 is 0. The van der Waals surface area contributed by atoms with Gasteiger partial charge in [0.1, 0.15) is 24.4 Å². The van der Waals surface area contributed by atoms with E-state index in [1.165, 1.54) is 23.9 Å². The molecular weight excluding hydrogens is 700 g/mol. The number of morpholine rings is 1. The molecule has 0 spiro atoms. The first-order chi connectivity index (χ1) is 26.5. The second kappa shape index (κ2) is 19.9. The lowest BCUT2D eigenvalue weighted by molar-refractivity contribution is -0.146. The lowest BCUT2D eigenvalue weighted by Crippen LogP contribution is -2.54. The number of nitrogens with zero attached hydrogens (tertiary/aromatic N) is 3. The van der Waals surface area contributed by atoms with Crippen LogP contribution in [0.1, 0.15) is 53.7 Å². The number of carbonyl (C=O) groups excluding carboxylic acids is 5. The molecule has 13 nitrogen and oxygen atoms in total. The van der Waals surface area contributed by atoms with Crippen LogP contribution in [-0.2, 0) is 43.4 Å². The van der Waals surface area contributed by atoms with Gasteiger partial charge in [0.2, 0.25) is 23.6 Å². The van der Waals surface area contributed by atoms with Gasteiger partial charge in [-0.25, -0.2) is 0 Å². The fourth-order valence-corrected chi connectivity index (χ4v) is 6.82. The molecule has 1 saturated heterocycles. The summed E-state index contributed by atoms with van der Waals surface area (Å²) in [5.41, 5.74) is 3.10. The minimum atomic E-state index is -1.27. The molecule has 294 valence electrons. The van der Waals surface area contributed by atoms with Crippen LogP contribution in [-0.4, -0.2) is 116 Å². The highest BCUT2D eigenvalue weighted by Gasteiger charge is 2.34. The molecule has 0 radical (unpaired) electrons. The van der Waals surface area contributed by atoms with Crippen LogP contribution in [0.3, 0.4) is 0 Å². The van der Waals surface area contributed by atoms with Gasteiger partial charge in [-0.3, -0.25) is 28.9 Å². The van der Waals surface area contributed by atoms with Gasteiger partial charge in [0.15, 0.2) is 0 Å². The van der Waals surface area contributed by atoms with Crippen LogP contribution >= 0.6 is 0 Å². The van der Waals surface area contributed by atoms with Crippen molar-refractivity contribution in [1.29, 1.82) is 0 Å². The second-order valence-corrected chi connectivity index (χ2v) is 14.8. The third-order valence-corrected chi connectivity index (χ3v) is 9.83. The summed E-state index contributed by atoms with van der Waals surface area (Å²) in [5, 5.41) is 8.72. The lowest BCUT2D eigenvalue weighted by Gasteiger charge is -2.32. The number of rotatable bonds is 9. The van der Waals surface area contributed by atoms with Crippen molar-refractivity contribution in [2.45, 2.75) is 64.3 Å². The highest BCUT2D eigenvalue weighted by Crippen LogP contribution is 2.21. The van der Waals surface area contributed by atoms with Gasteiger partial charge in [0.25, 0.3) is 5.91 Å². The summed E-state index contributed by atoms with van der Waals surface area (Å²) in [5.74, 6) is -2.19. The van der Waals surface area contributed by atoms with Crippen LogP contribution in [0.2, 0.25) is 0 Å². The van der Waals surface area contributed by atoms with E-state index in [9.17, 15) is 24.0 Å². The standard InChI is InChI=1S/C42H54N6O7/c1-29(2)21-36-42(53)46(3)27-38(49)44-33(23-30-11-6-5-7-12-30)28-55-37-16-9-8-15-34(37)40(51)45-35(24-39(50)47(36)4)41(52)43-25-31-13-10-14-32(22-31)26-48-17-19-54-20-18-48/h5-16,22,29,33,35-36H,17-21,23-28H2,1-4H3,(H,43,52)(H,44,49)(H,45,51)/t33-,35+,36+/m1/s1. The molecule has 13 heteroatoms. The highest BCUT2D eigenvalue weighted by atomic mass is 16.5. The van der Waals surface area contributed by atoms with Crippen molar-refractivity contribution in [2.75, 3.05) is 53.6 Å². The molecule has 5 amide bonds. The number of amides is 5. The Hall–Kier alpha value is -5.27. The summed E-state index contributed by atoms with van der Waals surface area (Å²) < 4.78 is 11.7. The van der Waals surface area contributed by atoms with E-state index in [-0.39, 0.29) is 36.9 Å². The van der Waals surface area contributed by atoms with Crippen molar-refractivity contribution in [3.63, 3.8) is 0 Å². The molecule has 0 saturated carbocycles. The number of likely N-dealkylation sites (N-methyl/N-ethyl adjacent to an activating group) is 2. The summed E-state index contributed by atoms with van der Waals surface area (Å²) in [7, 11) is 3.05. The highest BCUT2D eigenvalue weighted by molar-refractivity contribution is 6.01. The monoisotopic (exact) mass is 754 g/mol. The second-order valence-electron chi connectivity index (χ2n) is 14.8. The maximum atomic E-state index is 14.0. The Labute approximate surface area is 323 Å². The van der Waals surface area contributed by atoms with Gasteiger partial charge < -0.3 is 35.2 Å². The van der Waals surface area contributed by atoms with E-state index in [0.29, 0.717) is 26.1 Å². The van der Waals surface area contributed by atoms with Crippen molar-refractivity contribution in [1.82, 2.24) is 30.7 Å². The first kappa shape index (κ1) is 40.9. The van der Waals surface area contributed by atoms with E-state index in [4.69, 9.17) is 9.47 Å². The van der Waals surface area contributed by atoms with Crippen LogP contribution in [0.25, 0.3) is 0 Å². The molecule has 3 N–H and O–H groups in total. The quantitative estimate of drug-likeness (QED) is 0.302. The Kier molecular flexibility index (Phi) is 14.8. The Morgan fingerprint density at radius 3 is 2.31 bits per heavy atom. The maximum Gasteiger partial charge on any atom is 0.255 e. The summed E-state index contributed by atoms with van der Waals surface area (Å²) in [6.45, 7) is 7.69. The Morgan fingerprint density at radius 1 is 0.873 bits per heavy atom. The third kappa shape index (κ3) is 12.1. The average molecular weight is 755 g/mol. The zero-order valence-corrected chi connectivity index (χ0v) is 32.3. The lowest BCUT2D eigenvalue weighted by atomic mass is 10.0. The van der Waals surface area contributed by atoms with Gasteiger partial charge in [0.05, 0.1) is 37.8 Å². The number of carbonyl (C=O) groups is 5.